The number of nitro benzene ring substituents is 1. The molecule has 10 nitrogen and oxygen atoms in total. The first-order valence-electron chi connectivity index (χ1n) is 5.90. The standard InChI is InChI=1S/C11H13N2O8P/c12-7(10(15)16)3-4-22(20,21)11(17)6-1-2-9(14)8(5-6)13(18)19/h1-2,5,7,20-21H,3-4,12H2,(H-,14,15,16,17)/p+1/t7-/m0/s1. The Morgan fingerprint density at radius 3 is 2.45 bits per heavy atom. The molecule has 1 atom stereocenters. The quantitative estimate of drug-likeness (QED) is 0.262. The number of carboxylic acids is 1. The van der Waals surface area contributed by atoms with Crippen LogP contribution in [0.2, 0.25) is 0 Å². The number of carbonyl (C=O) groups excluding carboxylic acids is 1. The lowest BCUT2D eigenvalue weighted by Crippen LogP contribution is -2.31. The molecule has 0 amide bonds. The molecule has 6 N–H and O–H groups in total. The minimum atomic E-state index is -4.20. The molecule has 0 aliphatic rings. The second kappa shape index (κ2) is 6.75. The number of carboxylic acid groups (broad SMARTS) is 1. The summed E-state index contributed by atoms with van der Waals surface area (Å²) in [5, 5.41) is 28.5. The number of nitrogens with zero attached hydrogens (tertiary/aromatic N) is 1. The minimum Gasteiger partial charge on any atom is -0.502 e. The number of carbonyl (C=O) groups is 2. The fourth-order valence-corrected chi connectivity index (χ4v) is 2.95. The van der Waals surface area contributed by atoms with Crippen LogP contribution in [-0.4, -0.2) is 48.6 Å². The van der Waals surface area contributed by atoms with Gasteiger partial charge in [0.25, 0.3) is 0 Å². The van der Waals surface area contributed by atoms with Crippen molar-refractivity contribution in [3.8, 4) is 5.75 Å². The number of aromatic hydroxyl groups is 1. The van der Waals surface area contributed by atoms with Crippen molar-refractivity contribution in [1.82, 2.24) is 0 Å². The van der Waals surface area contributed by atoms with E-state index in [0.717, 1.165) is 18.2 Å². The normalized spacial score (nSPS) is 12.7. The van der Waals surface area contributed by atoms with Gasteiger partial charge in [-0.15, -0.1) is 0 Å². The molecular weight excluding hydrogens is 319 g/mol. The minimum absolute atomic E-state index is 0.345. The van der Waals surface area contributed by atoms with Gasteiger partial charge in [0.15, 0.2) is 5.75 Å². The molecule has 0 spiro atoms. The number of hydrogen-bond donors (Lipinski definition) is 5. The Labute approximate surface area is 124 Å². The van der Waals surface area contributed by atoms with Crippen molar-refractivity contribution in [2.45, 2.75) is 12.5 Å². The third-order valence-electron chi connectivity index (χ3n) is 2.81. The summed E-state index contributed by atoms with van der Waals surface area (Å²) in [7, 11) is -4.20. The van der Waals surface area contributed by atoms with Crippen molar-refractivity contribution in [2.75, 3.05) is 6.16 Å². The molecule has 1 aromatic rings. The van der Waals surface area contributed by atoms with Gasteiger partial charge in [0.1, 0.15) is 12.2 Å². The van der Waals surface area contributed by atoms with E-state index in [9.17, 15) is 34.6 Å². The van der Waals surface area contributed by atoms with Crippen LogP contribution in [0, 0.1) is 10.1 Å². The lowest BCUT2D eigenvalue weighted by Gasteiger charge is -2.12. The Kier molecular flexibility index (Phi) is 5.50. The lowest BCUT2D eigenvalue weighted by atomic mass is 10.2. The summed E-state index contributed by atoms with van der Waals surface area (Å²) < 4.78 is 0. The number of benzene rings is 1. The van der Waals surface area contributed by atoms with Gasteiger partial charge in [0.2, 0.25) is 0 Å². The first kappa shape index (κ1) is 17.9. The predicted octanol–water partition coefficient (Wildman–Crippen LogP) is 0.0748. The number of aliphatic carboxylic acids is 1. The molecule has 11 heteroatoms. The molecule has 0 radical (unpaired) electrons. The molecule has 0 unspecified atom stereocenters. The number of phenolic OH excluding ortho intramolecular Hbond substituents is 1. The van der Waals surface area contributed by atoms with E-state index in [1.165, 1.54) is 0 Å². The number of rotatable bonds is 7. The first-order valence-corrected chi connectivity index (χ1v) is 7.78. The van der Waals surface area contributed by atoms with E-state index in [1.54, 1.807) is 0 Å². The van der Waals surface area contributed by atoms with Crippen molar-refractivity contribution in [1.29, 1.82) is 0 Å². The van der Waals surface area contributed by atoms with Crippen LogP contribution in [0.1, 0.15) is 16.8 Å². The zero-order valence-corrected chi connectivity index (χ0v) is 12.0. The van der Waals surface area contributed by atoms with Crippen molar-refractivity contribution in [3.05, 3.63) is 33.9 Å². The average Bonchev–Trinajstić information content (AvgIpc) is 2.44. The van der Waals surface area contributed by atoms with Crippen LogP contribution in [0.3, 0.4) is 0 Å². The highest BCUT2D eigenvalue weighted by Gasteiger charge is 2.45. The maximum Gasteiger partial charge on any atom is 0.357 e. The van der Waals surface area contributed by atoms with Gasteiger partial charge >= 0.3 is 24.9 Å². The van der Waals surface area contributed by atoms with Gasteiger partial charge in [-0.2, -0.15) is 0 Å². The smallest absolute Gasteiger partial charge is 0.357 e. The summed E-state index contributed by atoms with van der Waals surface area (Å²) in [5.41, 5.74) is 2.92. The SMILES string of the molecule is N[C@@H](CC[P+](O)(O)C(=O)c1ccc(O)c([N+](=O)[O-])c1)C(=O)O. The first-order chi connectivity index (χ1) is 10.1. The van der Waals surface area contributed by atoms with Crippen LogP contribution in [0.25, 0.3) is 0 Å². The van der Waals surface area contributed by atoms with E-state index in [2.05, 4.69) is 0 Å². The van der Waals surface area contributed by atoms with Crippen molar-refractivity contribution >= 4 is 24.9 Å². The average molecular weight is 333 g/mol. The van der Waals surface area contributed by atoms with Gasteiger partial charge in [-0.3, -0.25) is 14.9 Å². The summed E-state index contributed by atoms with van der Waals surface area (Å²) in [6.07, 6.45) is -0.907. The summed E-state index contributed by atoms with van der Waals surface area (Å²) in [4.78, 5) is 51.9. The Morgan fingerprint density at radius 1 is 1.36 bits per heavy atom. The van der Waals surface area contributed by atoms with Crippen molar-refractivity contribution in [2.24, 2.45) is 5.73 Å². The summed E-state index contributed by atoms with van der Waals surface area (Å²) in [5.74, 6) is -2.03. The van der Waals surface area contributed by atoms with Crippen LogP contribution in [0.4, 0.5) is 5.69 Å². The molecule has 1 aromatic carbocycles. The van der Waals surface area contributed by atoms with Gasteiger partial charge < -0.3 is 15.9 Å². The maximum atomic E-state index is 12.0. The van der Waals surface area contributed by atoms with E-state index in [0.29, 0.717) is 0 Å². The molecule has 0 heterocycles. The highest BCUT2D eigenvalue weighted by molar-refractivity contribution is 7.81. The number of nitrogens with two attached hydrogens (primary N) is 1. The van der Waals surface area contributed by atoms with Crippen LogP contribution in [0.15, 0.2) is 18.2 Å². The van der Waals surface area contributed by atoms with E-state index in [4.69, 9.17) is 10.8 Å². The Hall–Kier alpha value is -2.13. The third-order valence-corrected chi connectivity index (χ3v) is 4.60. The number of hydrogen-bond acceptors (Lipinski definition) is 8. The van der Waals surface area contributed by atoms with E-state index in [1.807, 2.05) is 0 Å². The molecule has 1 rings (SSSR count). The molecule has 120 valence electrons. The molecule has 0 saturated carbocycles. The maximum absolute atomic E-state index is 12.0. The molecule has 0 saturated heterocycles. The predicted molar refractivity (Wildman–Crippen MR) is 75.5 cm³/mol. The van der Waals surface area contributed by atoms with Crippen LogP contribution in [-0.2, 0) is 4.79 Å². The fourth-order valence-electron chi connectivity index (χ4n) is 1.55. The Morgan fingerprint density at radius 2 is 1.95 bits per heavy atom. The zero-order chi connectivity index (χ0) is 17.1. The van der Waals surface area contributed by atoms with Crippen LogP contribution < -0.4 is 5.73 Å². The number of phenols is 1. The van der Waals surface area contributed by atoms with Gasteiger partial charge in [-0.25, -0.2) is 14.6 Å². The second-order valence-corrected chi connectivity index (χ2v) is 6.77. The van der Waals surface area contributed by atoms with Gasteiger partial charge in [0, 0.05) is 12.5 Å². The Bertz CT molecular complexity index is 618. The Balaban J connectivity index is 2.96. The van der Waals surface area contributed by atoms with Gasteiger partial charge in [-0.1, -0.05) is 0 Å². The summed E-state index contributed by atoms with van der Waals surface area (Å²) in [6.45, 7) is 0. The van der Waals surface area contributed by atoms with Crippen LogP contribution >= 0.6 is 7.72 Å². The van der Waals surface area contributed by atoms with E-state index >= 15 is 0 Å². The molecule has 0 bridgehead atoms. The largest absolute Gasteiger partial charge is 0.502 e. The van der Waals surface area contributed by atoms with Gasteiger partial charge in [-0.05, 0) is 12.1 Å². The van der Waals surface area contributed by atoms with Crippen molar-refractivity contribution < 1.29 is 34.5 Å². The highest BCUT2D eigenvalue weighted by atomic mass is 31.2. The zero-order valence-electron chi connectivity index (χ0n) is 11.1. The van der Waals surface area contributed by atoms with Crippen LogP contribution in [0.5, 0.6) is 5.75 Å². The monoisotopic (exact) mass is 333 g/mol. The summed E-state index contributed by atoms with van der Waals surface area (Å²) >= 11 is 0. The van der Waals surface area contributed by atoms with Crippen molar-refractivity contribution in [3.63, 3.8) is 0 Å². The number of nitro groups is 1. The van der Waals surface area contributed by atoms with E-state index in [-0.39, 0.29) is 12.0 Å². The second-order valence-electron chi connectivity index (χ2n) is 4.45. The molecule has 0 fully saturated rings. The third kappa shape index (κ3) is 4.18. The van der Waals surface area contributed by atoms with Gasteiger partial charge in [0.05, 0.1) is 10.5 Å². The summed E-state index contributed by atoms with van der Waals surface area (Å²) in [6, 6.07) is 1.24. The lowest BCUT2D eigenvalue weighted by molar-refractivity contribution is -0.385. The molecular formula is C11H14N2O8P+. The highest BCUT2D eigenvalue weighted by Crippen LogP contribution is 2.53. The molecule has 22 heavy (non-hydrogen) atoms. The molecule has 0 aliphatic carbocycles. The molecule has 0 aliphatic heterocycles. The topological polar surface area (TPSA) is 184 Å². The molecule has 0 aromatic heterocycles. The van der Waals surface area contributed by atoms with E-state index < -0.39 is 47.8 Å². The fraction of sp³-hybridized carbons (Fsp3) is 0.273.